The highest BCUT2D eigenvalue weighted by Gasteiger charge is 2.07. The van der Waals surface area contributed by atoms with Crippen LogP contribution in [0.5, 0.6) is 0 Å². The van der Waals surface area contributed by atoms with Crippen molar-refractivity contribution in [3.05, 3.63) is 54.0 Å². The molecular weight excluding hydrogens is 274 g/mol. The van der Waals surface area contributed by atoms with Crippen molar-refractivity contribution in [3.8, 4) is 0 Å². The average molecular weight is 289 g/mol. The van der Waals surface area contributed by atoms with Gasteiger partial charge in [-0.05, 0) is 48.5 Å². The normalized spacial score (nSPS) is 9.85. The van der Waals surface area contributed by atoms with Crippen molar-refractivity contribution >= 4 is 28.9 Å². The summed E-state index contributed by atoms with van der Waals surface area (Å²) in [7, 11) is 0. The zero-order valence-electron chi connectivity index (χ0n) is 11.0. The van der Waals surface area contributed by atoms with E-state index < -0.39 is 0 Å². The van der Waals surface area contributed by atoms with Crippen molar-refractivity contribution in [2.45, 2.75) is 13.3 Å². The molecule has 1 amide bonds. The average Bonchev–Trinajstić information content (AvgIpc) is 3.00. The Kier molecular flexibility index (Phi) is 4.73. The Morgan fingerprint density at radius 2 is 1.95 bits per heavy atom. The maximum Gasteiger partial charge on any atom is 0.305 e. The predicted molar refractivity (Wildman–Crippen MR) is 81.4 cm³/mol. The summed E-state index contributed by atoms with van der Waals surface area (Å²) in [5, 5.41) is 3.27. The lowest BCUT2D eigenvalue weighted by Crippen LogP contribution is -2.43. The lowest BCUT2D eigenvalue weighted by molar-refractivity contribution is 0.0916. The van der Waals surface area contributed by atoms with Gasteiger partial charge in [0.05, 0.1) is 6.26 Å². The molecule has 0 fully saturated rings. The Hall–Kier alpha value is -2.34. The molecule has 0 unspecified atom stereocenters. The molecule has 2 aromatic rings. The zero-order chi connectivity index (χ0) is 14.4. The number of nitrogens with one attached hydrogen (secondary N) is 3. The largest absolute Gasteiger partial charge is 0.459 e. The van der Waals surface area contributed by atoms with E-state index in [0.29, 0.717) is 5.11 Å². The number of amides is 1. The van der Waals surface area contributed by atoms with Gasteiger partial charge in [0.1, 0.15) is 0 Å². The molecule has 0 saturated carbocycles. The first-order valence-corrected chi connectivity index (χ1v) is 6.59. The van der Waals surface area contributed by atoms with E-state index in [1.54, 1.807) is 12.1 Å². The number of rotatable bonds is 3. The number of benzene rings is 1. The highest BCUT2D eigenvalue weighted by molar-refractivity contribution is 7.80. The fourth-order valence-corrected chi connectivity index (χ4v) is 1.74. The Balaban J connectivity index is 1.81. The summed E-state index contributed by atoms with van der Waals surface area (Å²) in [6, 6.07) is 11.1. The Bertz CT molecular complexity index is 579. The molecule has 0 aliphatic carbocycles. The minimum absolute atomic E-state index is 0.215. The maximum absolute atomic E-state index is 11.6. The molecule has 1 heterocycles. The molecule has 20 heavy (non-hydrogen) atoms. The number of hydrogen-bond acceptors (Lipinski definition) is 3. The molecule has 0 aliphatic rings. The van der Waals surface area contributed by atoms with E-state index in [1.807, 2.05) is 24.3 Å². The van der Waals surface area contributed by atoms with E-state index in [1.165, 1.54) is 11.8 Å². The van der Waals surface area contributed by atoms with Crippen LogP contribution >= 0.6 is 12.2 Å². The third kappa shape index (κ3) is 3.83. The molecule has 6 heteroatoms. The van der Waals surface area contributed by atoms with Gasteiger partial charge in [-0.2, -0.15) is 0 Å². The third-order valence-electron chi connectivity index (χ3n) is 2.65. The SMILES string of the molecule is CCc1ccc(NC(=S)NNC(=O)c2ccco2)cc1. The molecule has 104 valence electrons. The summed E-state index contributed by atoms with van der Waals surface area (Å²) in [5.74, 6) is -0.173. The Morgan fingerprint density at radius 1 is 1.20 bits per heavy atom. The quantitative estimate of drug-likeness (QED) is 0.598. The van der Waals surface area contributed by atoms with Gasteiger partial charge < -0.3 is 9.73 Å². The predicted octanol–water partition coefficient (Wildman–Crippen LogP) is 2.47. The van der Waals surface area contributed by atoms with E-state index in [9.17, 15) is 4.79 Å². The highest BCUT2D eigenvalue weighted by Crippen LogP contribution is 2.09. The molecule has 0 bridgehead atoms. The van der Waals surface area contributed by atoms with Gasteiger partial charge in [-0.25, -0.2) is 0 Å². The van der Waals surface area contributed by atoms with Crippen LogP contribution < -0.4 is 16.2 Å². The van der Waals surface area contributed by atoms with Crippen molar-refractivity contribution in [3.63, 3.8) is 0 Å². The van der Waals surface area contributed by atoms with Gasteiger partial charge in [0, 0.05) is 5.69 Å². The maximum atomic E-state index is 11.6. The second-order valence-corrected chi connectivity index (χ2v) is 4.47. The van der Waals surface area contributed by atoms with Crippen LogP contribution in [0.1, 0.15) is 23.0 Å². The summed E-state index contributed by atoms with van der Waals surface area (Å²) in [4.78, 5) is 11.6. The van der Waals surface area contributed by atoms with Crippen LogP contribution in [0.25, 0.3) is 0 Å². The Labute approximate surface area is 122 Å². The third-order valence-corrected chi connectivity index (χ3v) is 2.86. The number of carbonyl (C=O) groups excluding carboxylic acids is 1. The van der Waals surface area contributed by atoms with E-state index in [-0.39, 0.29) is 11.7 Å². The van der Waals surface area contributed by atoms with Crippen LogP contribution in [0.2, 0.25) is 0 Å². The van der Waals surface area contributed by atoms with Gasteiger partial charge in [-0.3, -0.25) is 15.6 Å². The van der Waals surface area contributed by atoms with Crippen LogP contribution in [-0.4, -0.2) is 11.0 Å². The lowest BCUT2D eigenvalue weighted by atomic mass is 10.1. The lowest BCUT2D eigenvalue weighted by Gasteiger charge is -2.11. The van der Waals surface area contributed by atoms with Gasteiger partial charge in [0.2, 0.25) is 0 Å². The summed E-state index contributed by atoms with van der Waals surface area (Å²) >= 11 is 5.08. The van der Waals surface area contributed by atoms with Crippen molar-refractivity contribution in [1.82, 2.24) is 10.9 Å². The second-order valence-electron chi connectivity index (χ2n) is 4.06. The fraction of sp³-hybridized carbons (Fsp3) is 0.143. The molecule has 3 N–H and O–H groups in total. The van der Waals surface area contributed by atoms with Crippen LogP contribution in [0.4, 0.5) is 5.69 Å². The smallest absolute Gasteiger partial charge is 0.305 e. The van der Waals surface area contributed by atoms with Gasteiger partial charge >= 0.3 is 5.91 Å². The van der Waals surface area contributed by atoms with Crippen LogP contribution in [0.3, 0.4) is 0 Å². The van der Waals surface area contributed by atoms with Crippen molar-refractivity contribution in [2.75, 3.05) is 5.32 Å². The van der Waals surface area contributed by atoms with Crippen LogP contribution in [-0.2, 0) is 6.42 Å². The summed E-state index contributed by atoms with van der Waals surface area (Å²) < 4.78 is 4.96. The molecule has 0 radical (unpaired) electrons. The minimum Gasteiger partial charge on any atom is -0.459 e. The molecule has 0 saturated heterocycles. The molecule has 5 nitrogen and oxygen atoms in total. The molecule has 2 rings (SSSR count). The first-order chi connectivity index (χ1) is 9.69. The number of anilines is 1. The van der Waals surface area contributed by atoms with Gasteiger partial charge in [-0.1, -0.05) is 19.1 Å². The number of furan rings is 1. The minimum atomic E-state index is -0.388. The number of hydrazine groups is 1. The zero-order valence-corrected chi connectivity index (χ0v) is 11.8. The number of hydrogen-bond donors (Lipinski definition) is 3. The molecule has 0 aliphatic heterocycles. The van der Waals surface area contributed by atoms with Crippen LogP contribution in [0.15, 0.2) is 47.1 Å². The first-order valence-electron chi connectivity index (χ1n) is 6.19. The highest BCUT2D eigenvalue weighted by atomic mass is 32.1. The van der Waals surface area contributed by atoms with E-state index in [4.69, 9.17) is 16.6 Å². The van der Waals surface area contributed by atoms with E-state index in [2.05, 4.69) is 23.1 Å². The summed E-state index contributed by atoms with van der Waals surface area (Å²) in [6.45, 7) is 2.10. The molecule has 0 atom stereocenters. The molecule has 1 aromatic carbocycles. The molecule has 1 aromatic heterocycles. The standard InChI is InChI=1S/C14H15N3O2S/c1-2-10-5-7-11(8-6-10)15-14(20)17-16-13(18)12-4-3-9-19-12/h3-9H,2H2,1H3,(H,16,18)(H2,15,17,20). The fourth-order valence-electron chi connectivity index (χ4n) is 1.57. The van der Waals surface area contributed by atoms with Gasteiger partial charge in [0.25, 0.3) is 0 Å². The Morgan fingerprint density at radius 3 is 2.55 bits per heavy atom. The summed E-state index contributed by atoms with van der Waals surface area (Å²) in [5.41, 5.74) is 7.15. The topological polar surface area (TPSA) is 66.3 Å². The first kappa shape index (κ1) is 14.1. The van der Waals surface area contributed by atoms with Crippen molar-refractivity contribution in [2.24, 2.45) is 0 Å². The second kappa shape index (κ2) is 6.72. The van der Waals surface area contributed by atoms with Gasteiger partial charge in [-0.15, -0.1) is 0 Å². The monoisotopic (exact) mass is 289 g/mol. The number of carbonyl (C=O) groups is 1. The molecule has 0 spiro atoms. The van der Waals surface area contributed by atoms with E-state index in [0.717, 1.165) is 12.1 Å². The van der Waals surface area contributed by atoms with E-state index >= 15 is 0 Å². The number of thiocarbonyl (C=S) groups is 1. The van der Waals surface area contributed by atoms with Crippen LogP contribution in [0, 0.1) is 0 Å². The molecular formula is C14H15N3O2S. The van der Waals surface area contributed by atoms with Crippen molar-refractivity contribution < 1.29 is 9.21 Å². The summed E-state index contributed by atoms with van der Waals surface area (Å²) in [6.07, 6.45) is 2.42. The van der Waals surface area contributed by atoms with Crippen molar-refractivity contribution in [1.29, 1.82) is 0 Å². The number of aryl methyl sites for hydroxylation is 1. The van der Waals surface area contributed by atoms with Gasteiger partial charge in [0.15, 0.2) is 10.9 Å².